The summed E-state index contributed by atoms with van der Waals surface area (Å²) in [5.74, 6) is 0. The lowest BCUT2D eigenvalue weighted by Crippen LogP contribution is -2.23. The second kappa shape index (κ2) is 7.41. The third kappa shape index (κ3) is 4.15. The van der Waals surface area contributed by atoms with Crippen molar-refractivity contribution in [2.75, 3.05) is 6.54 Å². The molecule has 3 heteroatoms. The molecule has 0 saturated carbocycles. The van der Waals surface area contributed by atoms with Crippen molar-refractivity contribution in [2.45, 2.75) is 39.2 Å². The van der Waals surface area contributed by atoms with Gasteiger partial charge in [0.2, 0.25) is 0 Å². The fraction of sp³-hybridized carbons (Fsp3) is 0.438. The first-order valence-corrected chi connectivity index (χ1v) is 7.86. The van der Waals surface area contributed by atoms with Crippen molar-refractivity contribution < 1.29 is 0 Å². The van der Waals surface area contributed by atoms with Crippen molar-refractivity contribution in [3.05, 3.63) is 52.0 Å². The van der Waals surface area contributed by atoms with E-state index < -0.39 is 0 Å². The molecule has 0 saturated heterocycles. The van der Waals surface area contributed by atoms with Gasteiger partial charge in [0, 0.05) is 28.2 Å². The van der Waals surface area contributed by atoms with Crippen molar-refractivity contribution >= 4 is 11.3 Å². The van der Waals surface area contributed by atoms with Crippen LogP contribution in [-0.4, -0.2) is 11.5 Å². The Hall–Kier alpha value is -1.19. The second-order valence-electron chi connectivity index (χ2n) is 4.72. The van der Waals surface area contributed by atoms with Crippen LogP contribution in [-0.2, 0) is 12.8 Å². The highest BCUT2D eigenvalue weighted by Gasteiger charge is 2.13. The van der Waals surface area contributed by atoms with Gasteiger partial charge in [-0.2, -0.15) is 0 Å². The van der Waals surface area contributed by atoms with Crippen LogP contribution in [0.5, 0.6) is 0 Å². The number of nitrogens with zero attached hydrogens (tertiary/aromatic N) is 1. The van der Waals surface area contributed by atoms with Crippen LogP contribution in [0.15, 0.2) is 36.7 Å². The Balaban J connectivity index is 2.11. The minimum atomic E-state index is 0.424. The predicted octanol–water partition coefficient (Wildman–Crippen LogP) is 3.99. The van der Waals surface area contributed by atoms with Crippen LogP contribution >= 0.6 is 11.3 Å². The van der Waals surface area contributed by atoms with Crippen LogP contribution in [0.2, 0.25) is 0 Å². The molecule has 0 aromatic carbocycles. The summed E-state index contributed by atoms with van der Waals surface area (Å²) in [5, 5.41) is 3.66. The summed E-state index contributed by atoms with van der Waals surface area (Å²) in [6.45, 7) is 5.49. The molecule has 0 radical (unpaired) electrons. The highest BCUT2D eigenvalue weighted by molar-refractivity contribution is 7.12. The number of nitrogens with one attached hydrogen (secondary N) is 1. The van der Waals surface area contributed by atoms with Gasteiger partial charge in [-0.05, 0) is 55.6 Å². The minimum absolute atomic E-state index is 0.424. The Morgan fingerprint density at radius 3 is 2.58 bits per heavy atom. The molecule has 0 aliphatic rings. The molecule has 0 aliphatic heterocycles. The predicted molar refractivity (Wildman–Crippen MR) is 82.7 cm³/mol. The number of aryl methyl sites for hydroxylation is 1. The minimum Gasteiger partial charge on any atom is -0.309 e. The molecule has 19 heavy (non-hydrogen) atoms. The summed E-state index contributed by atoms with van der Waals surface area (Å²) >= 11 is 1.93. The van der Waals surface area contributed by atoms with Gasteiger partial charge in [0.25, 0.3) is 0 Å². The fourth-order valence-corrected chi connectivity index (χ4v) is 3.15. The average Bonchev–Trinajstić information content (AvgIpc) is 2.93. The van der Waals surface area contributed by atoms with Crippen molar-refractivity contribution in [1.82, 2.24) is 10.3 Å². The zero-order valence-electron chi connectivity index (χ0n) is 11.7. The highest BCUT2D eigenvalue weighted by Crippen LogP contribution is 2.26. The Labute approximate surface area is 119 Å². The van der Waals surface area contributed by atoms with E-state index in [0.29, 0.717) is 6.04 Å². The zero-order valence-corrected chi connectivity index (χ0v) is 12.5. The third-order valence-electron chi connectivity index (χ3n) is 3.20. The summed E-state index contributed by atoms with van der Waals surface area (Å²) in [6.07, 6.45) is 7.07. The Morgan fingerprint density at radius 2 is 1.95 bits per heavy atom. The van der Waals surface area contributed by atoms with E-state index in [2.05, 4.69) is 48.4 Å². The lowest BCUT2D eigenvalue weighted by atomic mass is 10.1. The maximum absolute atomic E-state index is 4.09. The van der Waals surface area contributed by atoms with E-state index in [4.69, 9.17) is 0 Å². The van der Waals surface area contributed by atoms with Gasteiger partial charge < -0.3 is 5.32 Å². The van der Waals surface area contributed by atoms with E-state index in [1.54, 1.807) is 0 Å². The van der Waals surface area contributed by atoms with E-state index in [0.717, 1.165) is 19.4 Å². The first-order valence-electron chi connectivity index (χ1n) is 7.04. The molecular weight excluding hydrogens is 252 g/mol. The molecule has 0 spiro atoms. The van der Waals surface area contributed by atoms with Crippen LogP contribution in [0.4, 0.5) is 0 Å². The molecular formula is C16H22N2S. The summed E-state index contributed by atoms with van der Waals surface area (Å²) in [5.41, 5.74) is 1.34. The molecule has 0 amide bonds. The molecule has 0 aliphatic carbocycles. The summed E-state index contributed by atoms with van der Waals surface area (Å²) in [7, 11) is 0. The molecule has 2 nitrogen and oxygen atoms in total. The van der Waals surface area contributed by atoms with Gasteiger partial charge >= 0.3 is 0 Å². The van der Waals surface area contributed by atoms with E-state index in [-0.39, 0.29) is 0 Å². The maximum Gasteiger partial charge on any atom is 0.0455 e. The van der Waals surface area contributed by atoms with Crippen LogP contribution in [0.3, 0.4) is 0 Å². The van der Waals surface area contributed by atoms with Crippen molar-refractivity contribution in [1.29, 1.82) is 0 Å². The molecule has 1 unspecified atom stereocenters. The average molecular weight is 274 g/mol. The Bertz CT molecular complexity index is 479. The molecule has 1 N–H and O–H groups in total. The molecule has 2 heterocycles. The Kier molecular flexibility index (Phi) is 5.55. The summed E-state index contributed by atoms with van der Waals surface area (Å²) in [6, 6.07) is 9.17. The number of rotatable bonds is 7. The lowest BCUT2D eigenvalue weighted by Gasteiger charge is -2.17. The van der Waals surface area contributed by atoms with E-state index in [1.807, 2.05) is 23.7 Å². The number of hydrogen-bond acceptors (Lipinski definition) is 3. The molecule has 102 valence electrons. The van der Waals surface area contributed by atoms with Gasteiger partial charge in [0.15, 0.2) is 0 Å². The largest absolute Gasteiger partial charge is 0.309 e. The number of aromatic nitrogens is 1. The Morgan fingerprint density at radius 1 is 1.16 bits per heavy atom. The van der Waals surface area contributed by atoms with Gasteiger partial charge in [-0.25, -0.2) is 0 Å². The number of pyridine rings is 1. The van der Waals surface area contributed by atoms with Crippen molar-refractivity contribution in [3.63, 3.8) is 0 Å². The quantitative estimate of drug-likeness (QED) is 0.826. The molecule has 2 aromatic heterocycles. The van der Waals surface area contributed by atoms with Crippen LogP contribution in [0.25, 0.3) is 0 Å². The topological polar surface area (TPSA) is 24.9 Å². The summed E-state index contributed by atoms with van der Waals surface area (Å²) in [4.78, 5) is 7.00. The van der Waals surface area contributed by atoms with Crippen LogP contribution < -0.4 is 5.32 Å². The molecule has 1 atom stereocenters. The van der Waals surface area contributed by atoms with Gasteiger partial charge in [-0.1, -0.05) is 13.8 Å². The van der Waals surface area contributed by atoms with Gasteiger partial charge in [-0.15, -0.1) is 11.3 Å². The molecule has 2 aromatic rings. The molecule has 0 bridgehead atoms. The first-order chi connectivity index (χ1) is 9.33. The SMILES string of the molecule is CCCNC(Cc1ccncc1)c1ccc(CC)s1. The maximum atomic E-state index is 4.09. The zero-order chi connectivity index (χ0) is 13.5. The summed E-state index contributed by atoms with van der Waals surface area (Å²) < 4.78 is 0. The van der Waals surface area contributed by atoms with Crippen molar-refractivity contribution in [3.8, 4) is 0 Å². The lowest BCUT2D eigenvalue weighted by molar-refractivity contribution is 0.536. The monoisotopic (exact) mass is 274 g/mol. The fourth-order valence-electron chi connectivity index (χ4n) is 2.12. The normalized spacial score (nSPS) is 12.5. The van der Waals surface area contributed by atoms with Crippen LogP contribution in [0, 0.1) is 0 Å². The standard InChI is InChI=1S/C16H22N2S/c1-3-9-18-15(12-13-7-10-17-11-8-13)16-6-5-14(4-2)19-16/h5-8,10-11,15,18H,3-4,9,12H2,1-2H3. The van der Waals surface area contributed by atoms with Gasteiger partial charge in [0.05, 0.1) is 0 Å². The molecule has 2 rings (SSSR count). The first kappa shape index (κ1) is 14.2. The third-order valence-corrected chi connectivity index (χ3v) is 4.55. The van der Waals surface area contributed by atoms with E-state index >= 15 is 0 Å². The smallest absolute Gasteiger partial charge is 0.0455 e. The number of hydrogen-bond donors (Lipinski definition) is 1. The van der Waals surface area contributed by atoms with Crippen molar-refractivity contribution in [2.24, 2.45) is 0 Å². The van der Waals surface area contributed by atoms with Gasteiger partial charge in [0.1, 0.15) is 0 Å². The number of thiophene rings is 1. The molecule has 0 fully saturated rings. The highest BCUT2D eigenvalue weighted by atomic mass is 32.1. The second-order valence-corrected chi connectivity index (χ2v) is 5.92. The van der Waals surface area contributed by atoms with Crippen LogP contribution in [0.1, 0.15) is 41.6 Å². The van der Waals surface area contributed by atoms with E-state index in [9.17, 15) is 0 Å². The van der Waals surface area contributed by atoms with E-state index in [1.165, 1.54) is 21.7 Å². The van der Waals surface area contributed by atoms with Gasteiger partial charge in [-0.3, -0.25) is 4.98 Å².